The number of aliphatic imine (C=N–C) groups is 2. The molecule has 3 aliphatic rings. The summed E-state index contributed by atoms with van der Waals surface area (Å²) in [7, 11) is 7.16. The van der Waals surface area contributed by atoms with Crippen molar-refractivity contribution in [1.82, 2.24) is 4.57 Å². The zero-order valence-corrected chi connectivity index (χ0v) is 23.1. The number of amides is 1. The Morgan fingerprint density at radius 2 is 1.85 bits per heavy atom. The molecule has 9 heteroatoms. The minimum atomic E-state index is -0.253. The van der Waals surface area contributed by atoms with E-state index < -0.39 is 0 Å². The minimum absolute atomic E-state index is 0.223. The van der Waals surface area contributed by atoms with Gasteiger partial charge in [0.25, 0.3) is 5.91 Å². The van der Waals surface area contributed by atoms with Gasteiger partial charge in [-0.25, -0.2) is 4.48 Å². The second kappa shape index (κ2) is 9.91. The molecule has 1 fully saturated rings. The van der Waals surface area contributed by atoms with Crippen molar-refractivity contribution in [2.24, 2.45) is 23.0 Å². The van der Waals surface area contributed by atoms with E-state index in [1.54, 1.807) is 20.4 Å². The number of rotatable bonds is 6. The number of ketones is 1. The first-order valence-electron chi connectivity index (χ1n) is 13.4. The molecule has 2 aliphatic heterocycles. The number of anilines is 1. The molecule has 2 aromatic carbocycles. The van der Waals surface area contributed by atoms with Crippen LogP contribution >= 0.6 is 0 Å². The van der Waals surface area contributed by atoms with E-state index in [0.717, 1.165) is 46.5 Å². The third-order valence-electron chi connectivity index (χ3n) is 8.21. The van der Waals surface area contributed by atoms with E-state index in [-0.39, 0.29) is 11.8 Å². The predicted octanol–water partition coefficient (Wildman–Crippen LogP) is 5.18. The van der Waals surface area contributed by atoms with Crippen LogP contribution in [0.2, 0.25) is 0 Å². The second-order valence-corrected chi connectivity index (χ2v) is 10.5. The number of carbonyl (C=O) groups excluding carboxylic acids is 2. The molecule has 1 amide bonds. The van der Waals surface area contributed by atoms with Crippen molar-refractivity contribution in [2.75, 3.05) is 26.6 Å². The second-order valence-electron chi connectivity index (χ2n) is 10.5. The number of hydrogen-bond acceptors (Lipinski definition) is 6. The van der Waals surface area contributed by atoms with Gasteiger partial charge in [-0.3, -0.25) is 14.6 Å². The molecule has 1 unspecified atom stereocenters. The van der Waals surface area contributed by atoms with Crippen molar-refractivity contribution in [3.63, 3.8) is 0 Å². The number of amidine groups is 1. The molecule has 3 aromatic rings. The van der Waals surface area contributed by atoms with Crippen LogP contribution in [0.1, 0.15) is 41.7 Å². The predicted molar refractivity (Wildman–Crippen MR) is 155 cm³/mol. The molecular weight excluding hydrogens is 506 g/mol. The quantitative estimate of drug-likeness (QED) is 0.438. The molecule has 6 rings (SSSR count). The summed E-state index contributed by atoms with van der Waals surface area (Å²) in [6.07, 6.45) is 8.49. The first-order valence-corrected chi connectivity index (χ1v) is 13.4. The Labute approximate surface area is 232 Å². The Morgan fingerprint density at radius 1 is 1.07 bits per heavy atom. The number of hydrogen-bond donors (Lipinski definition) is 1. The Kier molecular flexibility index (Phi) is 6.38. The zero-order chi connectivity index (χ0) is 28.0. The average molecular weight is 539 g/mol. The first kappa shape index (κ1) is 25.8. The summed E-state index contributed by atoms with van der Waals surface area (Å²) in [4.78, 5) is 34.8. The number of benzene rings is 2. The summed E-state index contributed by atoms with van der Waals surface area (Å²) in [6.45, 7) is 0. The van der Waals surface area contributed by atoms with E-state index in [1.165, 1.54) is 0 Å². The lowest BCUT2D eigenvalue weighted by molar-refractivity contribution is -0.713. The molecule has 0 spiro atoms. The van der Waals surface area contributed by atoms with Gasteiger partial charge in [-0.1, -0.05) is 6.07 Å². The van der Waals surface area contributed by atoms with Gasteiger partial charge in [-0.15, -0.1) is 0 Å². The molecule has 3 heterocycles. The van der Waals surface area contributed by atoms with Gasteiger partial charge < -0.3 is 19.4 Å². The number of methoxy groups -OCH3 is 2. The smallest absolute Gasteiger partial charge is 0.272 e. The lowest BCUT2D eigenvalue weighted by Crippen LogP contribution is -2.43. The lowest BCUT2D eigenvalue weighted by Gasteiger charge is -2.29. The largest absolute Gasteiger partial charge is 0.496 e. The van der Waals surface area contributed by atoms with Gasteiger partial charge in [0.15, 0.2) is 5.70 Å². The number of Topliss-reactive ketones (excluding diaryl/α,β-unsaturated/α-hetero) is 1. The van der Waals surface area contributed by atoms with Crippen LogP contribution in [0.3, 0.4) is 0 Å². The van der Waals surface area contributed by atoms with Gasteiger partial charge >= 0.3 is 0 Å². The lowest BCUT2D eigenvalue weighted by atomic mass is 9.85. The number of nitrogens with one attached hydrogen (secondary N) is 1. The van der Waals surface area contributed by atoms with Gasteiger partial charge in [0.2, 0.25) is 5.84 Å². The van der Waals surface area contributed by atoms with Crippen LogP contribution in [0.5, 0.6) is 11.5 Å². The number of aryl methyl sites for hydroxylation is 1. The van der Waals surface area contributed by atoms with Crippen LogP contribution in [0.25, 0.3) is 10.9 Å². The molecule has 204 valence electrons. The molecule has 1 N–H and O–H groups in total. The minimum Gasteiger partial charge on any atom is -0.496 e. The number of quaternary nitrogens is 1. The van der Waals surface area contributed by atoms with Crippen LogP contribution in [0.15, 0.2) is 76.2 Å². The highest BCUT2D eigenvalue weighted by molar-refractivity contribution is 6.08. The third-order valence-corrected chi connectivity index (χ3v) is 8.21. The summed E-state index contributed by atoms with van der Waals surface area (Å²) < 4.78 is 13.4. The maximum atomic E-state index is 13.4. The fraction of sp³-hybridized carbons (Fsp3) is 0.290. The SMILES string of the molecule is COc1cc(C2=NC(C3CCC(=O)CC3)=C3C=NC=C[N+]23C)ccc1NC(=O)c1cc2c(OC)cccc2n1C. The molecule has 9 nitrogen and oxygen atoms in total. The molecule has 1 saturated carbocycles. The monoisotopic (exact) mass is 538 g/mol. The maximum absolute atomic E-state index is 13.4. The highest BCUT2D eigenvalue weighted by Gasteiger charge is 2.44. The molecule has 1 aliphatic carbocycles. The summed E-state index contributed by atoms with van der Waals surface area (Å²) in [5.41, 5.74) is 4.88. The topological polar surface area (TPSA) is 94.3 Å². The number of carbonyl (C=O) groups is 2. The molecule has 1 aromatic heterocycles. The fourth-order valence-electron chi connectivity index (χ4n) is 5.95. The van der Waals surface area contributed by atoms with Crippen LogP contribution < -0.4 is 14.8 Å². The van der Waals surface area contributed by atoms with Crippen molar-refractivity contribution in [3.05, 3.63) is 77.5 Å². The zero-order valence-electron chi connectivity index (χ0n) is 23.1. The van der Waals surface area contributed by atoms with Crippen LogP contribution in [-0.2, 0) is 11.8 Å². The van der Waals surface area contributed by atoms with Crippen LogP contribution in [0.4, 0.5) is 5.69 Å². The van der Waals surface area contributed by atoms with E-state index in [4.69, 9.17) is 14.5 Å². The Balaban J connectivity index is 1.32. The van der Waals surface area contributed by atoms with Crippen LogP contribution in [-0.4, -0.2) is 54.1 Å². The van der Waals surface area contributed by atoms with E-state index >= 15 is 0 Å². The summed E-state index contributed by atoms with van der Waals surface area (Å²) in [5, 5.41) is 3.89. The normalized spacial score (nSPS) is 20.6. The summed E-state index contributed by atoms with van der Waals surface area (Å²) in [6, 6.07) is 13.3. The van der Waals surface area contributed by atoms with Crippen molar-refractivity contribution in [1.29, 1.82) is 0 Å². The summed E-state index contributed by atoms with van der Waals surface area (Å²) >= 11 is 0. The van der Waals surface area contributed by atoms with Gasteiger partial charge in [0.05, 0.1) is 50.4 Å². The molecule has 0 radical (unpaired) electrons. The van der Waals surface area contributed by atoms with Gasteiger partial charge in [0, 0.05) is 31.2 Å². The van der Waals surface area contributed by atoms with E-state index in [1.807, 2.05) is 66.5 Å². The van der Waals surface area contributed by atoms with Gasteiger partial charge in [-0.05, 0) is 49.2 Å². The van der Waals surface area contributed by atoms with Gasteiger partial charge in [0.1, 0.15) is 34.9 Å². The molecule has 40 heavy (non-hydrogen) atoms. The van der Waals surface area contributed by atoms with E-state index in [9.17, 15) is 9.59 Å². The average Bonchev–Trinajstić information content (AvgIpc) is 3.48. The third kappa shape index (κ3) is 4.14. The van der Waals surface area contributed by atoms with Crippen molar-refractivity contribution < 1.29 is 23.5 Å². The number of ether oxygens (including phenoxy) is 2. The molecule has 0 bridgehead atoms. The molecule has 1 atom stereocenters. The fourth-order valence-corrected chi connectivity index (χ4v) is 5.95. The molecular formula is C31H32N5O4+. The Hall–Kier alpha value is -4.50. The highest BCUT2D eigenvalue weighted by atomic mass is 16.5. The number of allylic oxidation sites excluding steroid dienone is 2. The van der Waals surface area contributed by atoms with Gasteiger partial charge in [-0.2, -0.15) is 4.99 Å². The Morgan fingerprint density at radius 3 is 2.60 bits per heavy atom. The first-order chi connectivity index (χ1) is 19.3. The number of nitrogens with zero attached hydrogens (tertiary/aromatic N) is 4. The van der Waals surface area contributed by atoms with Crippen molar-refractivity contribution >= 4 is 40.3 Å². The number of fused-ring (bicyclic) bond motifs is 2. The van der Waals surface area contributed by atoms with Crippen LogP contribution in [0, 0.1) is 5.92 Å². The van der Waals surface area contributed by atoms with Crippen molar-refractivity contribution in [3.8, 4) is 11.5 Å². The van der Waals surface area contributed by atoms with E-state index in [2.05, 4.69) is 17.4 Å². The maximum Gasteiger partial charge on any atom is 0.272 e. The number of aromatic nitrogens is 1. The summed E-state index contributed by atoms with van der Waals surface area (Å²) in [5.74, 6) is 2.39. The standard InChI is InChI=1S/C31H31N5O4/c1-35-24-6-5-7-27(39-3)22(24)17-25(35)31(38)33-23-13-10-20(16-28(23)40-4)30-34-29(19-8-11-21(37)12-9-19)26-18-32-14-15-36(26,30)2/h5-7,10,13-19H,8-9,11-12H2,1-4H3/p+1. The highest BCUT2D eigenvalue weighted by Crippen LogP contribution is 2.41. The van der Waals surface area contributed by atoms with Crippen molar-refractivity contribution in [2.45, 2.75) is 25.7 Å². The Bertz CT molecular complexity index is 1670. The van der Waals surface area contributed by atoms with E-state index in [0.29, 0.717) is 46.0 Å². The molecule has 0 saturated heterocycles.